The number of rotatable bonds is 9. The largest absolute Gasteiger partial charge is 0.497 e. The van der Waals surface area contributed by atoms with E-state index in [0.717, 1.165) is 48.8 Å². The number of carbonyl (C=O) groups excluding carboxylic acids is 2. The highest BCUT2D eigenvalue weighted by Gasteiger charge is 2.24. The Kier molecular flexibility index (Phi) is 8.12. The maximum Gasteiger partial charge on any atom is 0.233 e. The second-order valence-electron chi connectivity index (χ2n) is 7.53. The molecule has 1 N–H and O–H groups in total. The van der Waals surface area contributed by atoms with Crippen LogP contribution in [0.5, 0.6) is 5.75 Å². The predicted molar refractivity (Wildman–Crippen MR) is 115 cm³/mol. The SMILES string of the molecule is COc1cccc(CNC(=O)CC[C@@H]2CCCN(C(=O)CSc3nncn3C)C2)c1. The standard InChI is InChI=1S/C21H29N5O3S/c1-25-15-23-24-21(25)30-14-20(28)26-10-4-6-16(13-26)8-9-19(27)22-12-17-5-3-7-18(11-17)29-2/h3,5,7,11,15-16H,4,6,8-10,12-14H2,1-2H3,(H,22,27)/t16-/m0/s1. The second kappa shape index (κ2) is 11.0. The van der Waals surface area contributed by atoms with Gasteiger partial charge in [0.1, 0.15) is 12.1 Å². The summed E-state index contributed by atoms with van der Waals surface area (Å²) in [6, 6.07) is 7.68. The molecular formula is C21H29N5O3S. The maximum atomic E-state index is 12.6. The van der Waals surface area contributed by atoms with Crippen LogP contribution in [-0.4, -0.2) is 57.4 Å². The predicted octanol–water partition coefficient (Wildman–Crippen LogP) is 2.25. The van der Waals surface area contributed by atoms with Gasteiger partial charge in [0.15, 0.2) is 5.16 Å². The van der Waals surface area contributed by atoms with Crippen molar-refractivity contribution in [2.24, 2.45) is 13.0 Å². The fourth-order valence-electron chi connectivity index (χ4n) is 3.55. The number of nitrogens with one attached hydrogen (secondary N) is 1. The van der Waals surface area contributed by atoms with Crippen molar-refractivity contribution < 1.29 is 14.3 Å². The van der Waals surface area contributed by atoms with Crippen LogP contribution in [-0.2, 0) is 23.2 Å². The summed E-state index contributed by atoms with van der Waals surface area (Å²) in [6.45, 7) is 2.00. The number of nitrogens with zero attached hydrogens (tertiary/aromatic N) is 4. The lowest BCUT2D eigenvalue weighted by Gasteiger charge is -2.32. The van der Waals surface area contributed by atoms with Gasteiger partial charge in [-0.3, -0.25) is 9.59 Å². The number of benzene rings is 1. The van der Waals surface area contributed by atoms with Crippen LogP contribution in [0.3, 0.4) is 0 Å². The number of hydrogen-bond donors (Lipinski definition) is 1. The molecular weight excluding hydrogens is 402 g/mol. The third kappa shape index (κ3) is 6.48. The van der Waals surface area contributed by atoms with Crippen molar-refractivity contribution in [1.29, 1.82) is 0 Å². The van der Waals surface area contributed by atoms with Gasteiger partial charge < -0.3 is 19.5 Å². The molecule has 1 aliphatic rings. The van der Waals surface area contributed by atoms with E-state index in [2.05, 4.69) is 15.5 Å². The fraction of sp³-hybridized carbons (Fsp3) is 0.524. The van der Waals surface area contributed by atoms with Crippen molar-refractivity contribution >= 4 is 23.6 Å². The number of methoxy groups -OCH3 is 1. The molecule has 162 valence electrons. The van der Waals surface area contributed by atoms with Gasteiger partial charge in [-0.1, -0.05) is 23.9 Å². The topological polar surface area (TPSA) is 89.3 Å². The lowest BCUT2D eigenvalue weighted by Crippen LogP contribution is -2.41. The van der Waals surface area contributed by atoms with Crippen LogP contribution >= 0.6 is 11.8 Å². The Balaban J connectivity index is 1.38. The Morgan fingerprint density at radius 1 is 1.37 bits per heavy atom. The lowest BCUT2D eigenvalue weighted by atomic mass is 9.93. The van der Waals surface area contributed by atoms with E-state index in [-0.39, 0.29) is 11.8 Å². The van der Waals surface area contributed by atoms with Crippen molar-refractivity contribution in [3.8, 4) is 5.75 Å². The zero-order valence-electron chi connectivity index (χ0n) is 17.5. The van der Waals surface area contributed by atoms with Gasteiger partial charge >= 0.3 is 0 Å². The van der Waals surface area contributed by atoms with E-state index < -0.39 is 0 Å². The number of likely N-dealkylation sites (tertiary alicyclic amines) is 1. The summed E-state index contributed by atoms with van der Waals surface area (Å²) in [7, 11) is 3.49. The minimum absolute atomic E-state index is 0.0408. The quantitative estimate of drug-likeness (QED) is 0.613. The number of ether oxygens (including phenoxy) is 1. The van der Waals surface area contributed by atoms with Gasteiger partial charge in [-0.2, -0.15) is 0 Å². The summed E-state index contributed by atoms with van der Waals surface area (Å²) >= 11 is 1.41. The zero-order valence-corrected chi connectivity index (χ0v) is 18.4. The van der Waals surface area contributed by atoms with Gasteiger partial charge in [0.05, 0.1) is 12.9 Å². The average Bonchev–Trinajstić information content (AvgIpc) is 3.19. The molecule has 0 bridgehead atoms. The van der Waals surface area contributed by atoms with Crippen molar-refractivity contribution in [3.63, 3.8) is 0 Å². The summed E-state index contributed by atoms with van der Waals surface area (Å²) in [5.41, 5.74) is 1.01. The van der Waals surface area contributed by atoms with Gasteiger partial charge in [-0.25, -0.2) is 0 Å². The summed E-state index contributed by atoms with van der Waals surface area (Å²) < 4.78 is 7.01. The molecule has 0 radical (unpaired) electrons. The number of aryl methyl sites for hydroxylation is 1. The van der Waals surface area contributed by atoms with E-state index in [4.69, 9.17) is 4.74 Å². The Hall–Kier alpha value is -2.55. The smallest absolute Gasteiger partial charge is 0.233 e. The second-order valence-corrected chi connectivity index (χ2v) is 8.47. The van der Waals surface area contributed by atoms with Gasteiger partial charge in [-0.15, -0.1) is 10.2 Å². The molecule has 9 heteroatoms. The highest BCUT2D eigenvalue weighted by Crippen LogP contribution is 2.23. The molecule has 30 heavy (non-hydrogen) atoms. The van der Waals surface area contributed by atoms with Crippen molar-refractivity contribution in [1.82, 2.24) is 25.0 Å². The molecule has 8 nitrogen and oxygen atoms in total. The summed E-state index contributed by atoms with van der Waals surface area (Å²) in [5.74, 6) is 1.67. The Labute approximate surface area is 181 Å². The molecule has 0 saturated carbocycles. The number of aromatic nitrogens is 3. The zero-order chi connectivity index (χ0) is 21.3. The van der Waals surface area contributed by atoms with E-state index in [1.54, 1.807) is 18.0 Å². The minimum atomic E-state index is 0.0408. The van der Waals surface area contributed by atoms with Gasteiger partial charge in [-0.05, 0) is 42.9 Å². The molecule has 1 atom stereocenters. The van der Waals surface area contributed by atoms with Crippen LogP contribution < -0.4 is 10.1 Å². The molecule has 1 fully saturated rings. The minimum Gasteiger partial charge on any atom is -0.497 e. The van der Waals surface area contributed by atoms with Gasteiger partial charge in [0.2, 0.25) is 11.8 Å². The van der Waals surface area contributed by atoms with E-state index >= 15 is 0 Å². The van der Waals surface area contributed by atoms with Crippen LogP contribution in [0.1, 0.15) is 31.2 Å². The molecule has 2 aromatic rings. The molecule has 0 unspecified atom stereocenters. The van der Waals surface area contributed by atoms with Crippen molar-refractivity contribution in [3.05, 3.63) is 36.2 Å². The first-order valence-electron chi connectivity index (χ1n) is 10.2. The number of carbonyl (C=O) groups is 2. The van der Waals surface area contributed by atoms with Gasteiger partial charge in [0.25, 0.3) is 0 Å². The Morgan fingerprint density at radius 3 is 3.00 bits per heavy atom. The normalized spacial score (nSPS) is 16.3. The third-order valence-electron chi connectivity index (χ3n) is 5.27. The van der Waals surface area contributed by atoms with Crippen LogP contribution in [0, 0.1) is 5.92 Å². The third-order valence-corrected chi connectivity index (χ3v) is 6.29. The first kappa shape index (κ1) is 22.1. The first-order chi connectivity index (χ1) is 14.5. The van der Waals surface area contributed by atoms with E-state index in [9.17, 15) is 9.59 Å². The Bertz CT molecular complexity index is 857. The number of piperidine rings is 1. The highest BCUT2D eigenvalue weighted by atomic mass is 32.2. The number of hydrogen-bond acceptors (Lipinski definition) is 6. The number of amides is 2. The molecule has 0 aliphatic carbocycles. The van der Waals surface area contributed by atoms with Crippen LogP contribution in [0.2, 0.25) is 0 Å². The molecule has 0 spiro atoms. The van der Waals surface area contributed by atoms with Crippen LogP contribution in [0.4, 0.5) is 0 Å². The molecule has 2 heterocycles. The Morgan fingerprint density at radius 2 is 2.23 bits per heavy atom. The maximum absolute atomic E-state index is 12.6. The average molecular weight is 432 g/mol. The molecule has 1 saturated heterocycles. The first-order valence-corrected chi connectivity index (χ1v) is 11.2. The van der Waals surface area contributed by atoms with E-state index in [0.29, 0.717) is 24.6 Å². The summed E-state index contributed by atoms with van der Waals surface area (Å²) in [6.07, 6.45) is 4.94. The molecule has 1 aromatic heterocycles. The van der Waals surface area contributed by atoms with Crippen LogP contribution in [0.15, 0.2) is 35.7 Å². The number of thioether (sulfide) groups is 1. The van der Waals surface area contributed by atoms with Gasteiger partial charge in [0, 0.05) is 33.1 Å². The molecule has 2 amide bonds. The van der Waals surface area contributed by atoms with E-state index in [1.165, 1.54) is 11.8 Å². The summed E-state index contributed by atoms with van der Waals surface area (Å²) in [4.78, 5) is 26.7. The van der Waals surface area contributed by atoms with Crippen molar-refractivity contribution in [2.45, 2.75) is 37.4 Å². The molecule has 1 aliphatic heterocycles. The lowest BCUT2D eigenvalue weighted by molar-refractivity contribution is -0.130. The molecule has 1 aromatic carbocycles. The summed E-state index contributed by atoms with van der Waals surface area (Å²) in [5, 5.41) is 11.5. The van der Waals surface area contributed by atoms with E-state index in [1.807, 2.05) is 36.2 Å². The highest BCUT2D eigenvalue weighted by molar-refractivity contribution is 7.99. The monoisotopic (exact) mass is 431 g/mol. The molecule has 3 rings (SSSR count). The van der Waals surface area contributed by atoms with Crippen LogP contribution in [0.25, 0.3) is 0 Å². The fourth-order valence-corrected chi connectivity index (χ4v) is 4.35. The van der Waals surface area contributed by atoms with Crippen molar-refractivity contribution in [2.75, 3.05) is 26.0 Å².